The standard InChI is InChI=1S/C26H30N4O4S/c1-6-14-30-24(19(5)34-22-13-8-17(3)18(4)15-22)28-29-26(30)35-16-23(31)27-21-11-9-20(10-12-21)25(32)33-7-2/h6,8-13,15,19H,1,7,14,16H2,2-5H3,(H,27,31). The lowest BCUT2D eigenvalue weighted by Gasteiger charge is -2.16. The van der Waals surface area contributed by atoms with E-state index in [4.69, 9.17) is 9.47 Å². The topological polar surface area (TPSA) is 95.3 Å². The molecule has 184 valence electrons. The number of aromatic nitrogens is 3. The zero-order valence-electron chi connectivity index (χ0n) is 20.4. The number of ether oxygens (including phenoxy) is 2. The maximum Gasteiger partial charge on any atom is 0.338 e. The minimum absolute atomic E-state index is 0.140. The van der Waals surface area contributed by atoms with E-state index in [2.05, 4.69) is 29.0 Å². The van der Waals surface area contributed by atoms with Gasteiger partial charge in [-0.2, -0.15) is 0 Å². The average Bonchev–Trinajstić information content (AvgIpc) is 3.23. The van der Waals surface area contributed by atoms with Crippen LogP contribution >= 0.6 is 11.8 Å². The maximum atomic E-state index is 12.5. The molecule has 0 fully saturated rings. The molecule has 2 aromatic carbocycles. The normalized spacial score (nSPS) is 11.5. The van der Waals surface area contributed by atoms with Crippen molar-refractivity contribution < 1.29 is 19.1 Å². The largest absolute Gasteiger partial charge is 0.483 e. The molecule has 0 aliphatic carbocycles. The van der Waals surface area contributed by atoms with Crippen molar-refractivity contribution in [2.45, 2.75) is 45.5 Å². The van der Waals surface area contributed by atoms with Crippen LogP contribution in [-0.4, -0.2) is 39.0 Å². The summed E-state index contributed by atoms with van der Waals surface area (Å²) in [5.41, 5.74) is 3.38. The van der Waals surface area contributed by atoms with E-state index in [-0.39, 0.29) is 17.8 Å². The molecule has 0 saturated carbocycles. The van der Waals surface area contributed by atoms with Crippen molar-refractivity contribution in [2.75, 3.05) is 17.7 Å². The van der Waals surface area contributed by atoms with Crippen molar-refractivity contribution in [2.24, 2.45) is 0 Å². The molecule has 0 radical (unpaired) electrons. The number of thioether (sulfide) groups is 1. The van der Waals surface area contributed by atoms with Gasteiger partial charge in [0, 0.05) is 12.2 Å². The minimum Gasteiger partial charge on any atom is -0.483 e. The number of benzene rings is 2. The summed E-state index contributed by atoms with van der Waals surface area (Å²) in [5.74, 6) is 0.959. The Morgan fingerprint density at radius 3 is 2.54 bits per heavy atom. The summed E-state index contributed by atoms with van der Waals surface area (Å²) >= 11 is 1.28. The highest BCUT2D eigenvalue weighted by molar-refractivity contribution is 7.99. The molecular weight excluding hydrogens is 464 g/mol. The number of esters is 1. The van der Waals surface area contributed by atoms with Crippen molar-refractivity contribution in [3.05, 3.63) is 77.6 Å². The molecule has 9 heteroatoms. The van der Waals surface area contributed by atoms with Crippen LogP contribution in [0.4, 0.5) is 5.69 Å². The molecular formula is C26H30N4O4S. The van der Waals surface area contributed by atoms with E-state index in [0.29, 0.717) is 35.4 Å². The highest BCUT2D eigenvalue weighted by atomic mass is 32.2. The van der Waals surface area contributed by atoms with Gasteiger partial charge >= 0.3 is 5.97 Å². The van der Waals surface area contributed by atoms with Crippen molar-refractivity contribution in [3.63, 3.8) is 0 Å². The second-order valence-electron chi connectivity index (χ2n) is 7.88. The predicted molar refractivity (Wildman–Crippen MR) is 137 cm³/mol. The molecule has 1 N–H and O–H groups in total. The first-order valence-corrected chi connectivity index (χ1v) is 12.3. The molecule has 0 spiro atoms. The average molecular weight is 495 g/mol. The molecule has 8 nitrogen and oxygen atoms in total. The second-order valence-corrected chi connectivity index (χ2v) is 8.82. The second kappa shape index (κ2) is 12.2. The lowest BCUT2D eigenvalue weighted by molar-refractivity contribution is -0.113. The van der Waals surface area contributed by atoms with Crippen molar-refractivity contribution >= 4 is 29.3 Å². The number of allylic oxidation sites excluding steroid dienone is 1. The fourth-order valence-corrected chi connectivity index (χ4v) is 4.04. The Morgan fingerprint density at radius 1 is 1.14 bits per heavy atom. The van der Waals surface area contributed by atoms with Crippen LogP contribution in [0.2, 0.25) is 0 Å². The third-order valence-corrected chi connectivity index (χ3v) is 6.19. The van der Waals surface area contributed by atoms with E-state index in [1.807, 2.05) is 36.6 Å². The molecule has 1 unspecified atom stereocenters. The molecule has 1 amide bonds. The van der Waals surface area contributed by atoms with E-state index in [0.717, 1.165) is 11.3 Å². The SMILES string of the molecule is C=CCn1c(SCC(=O)Nc2ccc(C(=O)OCC)cc2)nnc1C(C)Oc1ccc(C)c(C)c1. The summed E-state index contributed by atoms with van der Waals surface area (Å²) in [7, 11) is 0. The van der Waals surface area contributed by atoms with Gasteiger partial charge in [0.05, 0.1) is 17.9 Å². The lowest BCUT2D eigenvalue weighted by Crippen LogP contribution is -2.15. The molecule has 3 aromatic rings. The number of carbonyl (C=O) groups excluding carboxylic acids is 2. The van der Waals surface area contributed by atoms with E-state index in [9.17, 15) is 9.59 Å². The zero-order chi connectivity index (χ0) is 25.4. The Labute approximate surface area is 209 Å². The van der Waals surface area contributed by atoms with Crippen LogP contribution in [0.25, 0.3) is 0 Å². The molecule has 1 aromatic heterocycles. The van der Waals surface area contributed by atoms with E-state index in [1.165, 1.54) is 17.3 Å². The lowest BCUT2D eigenvalue weighted by atomic mass is 10.1. The summed E-state index contributed by atoms with van der Waals surface area (Å²) in [4.78, 5) is 24.3. The summed E-state index contributed by atoms with van der Waals surface area (Å²) in [6.45, 7) is 12.4. The molecule has 1 atom stereocenters. The van der Waals surface area contributed by atoms with Gasteiger partial charge in [-0.1, -0.05) is 23.9 Å². The summed E-state index contributed by atoms with van der Waals surface area (Å²) in [5, 5.41) is 12.0. The summed E-state index contributed by atoms with van der Waals surface area (Å²) in [6.07, 6.45) is 1.41. The number of hydrogen-bond donors (Lipinski definition) is 1. The number of nitrogens with one attached hydrogen (secondary N) is 1. The van der Waals surface area contributed by atoms with Crippen LogP contribution in [0, 0.1) is 13.8 Å². The number of hydrogen-bond acceptors (Lipinski definition) is 7. The summed E-state index contributed by atoms with van der Waals surface area (Å²) in [6, 6.07) is 12.5. The van der Waals surface area contributed by atoms with Crippen molar-refractivity contribution in [3.8, 4) is 5.75 Å². The van der Waals surface area contributed by atoms with Crippen molar-refractivity contribution in [1.29, 1.82) is 0 Å². The third-order valence-electron chi connectivity index (χ3n) is 5.22. The fourth-order valence-electron chi connectivity index (χ4n) is 3.28. The van der Waals surface area contributed by atoms with Gasteiger partial charge in [-0.3, -0.25) is 9.36 Å². The van der Waals surface area contributed by atoms with E-state index >= 15 is 0 Å². The first kappa shape index (κ1) is 26.0. The molecule has 0 saturated heterocycles. The van der Waals surface area contributed by atoms with Gasteiger partial charge in [-0.25, -0.2) is 4.79 Å². The highest BCUT2D eigenvalue weighted by Gasteiger charge is 2.20. The van der Waals surface area contributed by atoms with Crippen molar-refractivity contribution in [1.82, 2.24) is 14.8 Å². The van der Waals surface area contributed by atoms with Crippen LogP contribution in [0.1, 0.15) is 47.3 Å². The fraction of sp³-hybridized carbons (Fsp3) is 0.308. The third kappa shape index (κ3) is 6.95. The van der Waals surface area contributed by atoms with Gasteiger partial charge < -0.3 is 14.8 Å². The molecule has 0 bridgehead atoms. The Morgan fingerprint density at radius 2 is 1.89 bits per heavy atom. The van der Waals surface area contributed by atoms with Gasteiger partial charge in [0.1, 0.15) is 5.75 Å². The Bertz CT molecular complexity index is 1190. The Balaban J connectivity index is 1.62. The number of aryl methyl sites for hydroxylation is 2. The summed E-state index contributed by atoms with van der Waals surface area (Å²) < 4.78 is 13.0. The number of amides is 1. The maximum absolute atomic E-state index is 12.5. The minimum atomic E-state index is -0.394. The van der Waals surface area contributed by atoms with Gasteiger partial charge in [0.2, 0.25) is 5.91 Å². The Kier molecular flexibility index (Phi) is 9.08. The molecule has 0 aliphatic heterocycles. The molecule has 35 heavy (non-hydrogen) atoms. The van der Waals surface area contributed by atoms with Crippen LogP contribution in [0.3, 0.4) is 0 Å². The van der Waals surface area contributed by atoms with Gasteiger partial charge in [0.25, 0.3) is 0 Å². The van der Waals surface area contributed by atoms with Crippen LogP contribution < -0.4 is 10.1 Å². The smallest absolute Gasteiger partial charge is 0.338 e. The number of nitrogens with zero attached hydrogens (tertiary/aromatic N) is 3. The van der Waals surface area contributed by atoms with E-state index in [1.54, 1.807) is 37.3 Å². The first-order valence-electron chi connectivity index (χ1n) is 11.3. The van der Waals surface area contributed by atoms with Gasteiger partial charge in [-0.15, -0.1) is 16.8 Å². The van der Waals surface area contributed by atoms with Crippen LogP contribution in [0.15, 0.2) is 60.3 Å². The van der Waals surface area contributed by atoms with Crippen LogP contribution in [-0.2, 0) is 16.1 Å². The number of carbonyl (C=O) groups is 2. The van der Waals surface area contributed by atoms with Gasteiger partial charge in [-0.05, 0) is 75.2 Å². The van der Waals surface area contributed by atoms with E-state index < -0.39 is 5.97 Å². The van der Waals surface area contributed by atoms with Gasteiger partial charge in [0.15, 0.2) is 17.1 Å². The highest BCUT2D eigenvalue weighted by Crippen LogP contribution is 2.26. The monoisotopic (exact) mass is 494 g/mol. The zero-order valence-corrected chi connectivity index (χ0v) is 21.2. The van der Waals surface area contributed by atoms with Crippen LogP contribution in [0.5, 0.6) is 5.75 Å². The molecule has 0 aliphatic rings. The number of rotatable bonds is 11. The first-order chi connectivity index (χ1) is 16.8. The quantitative estimate of drug-likeness (QED) is 0.224. The predicted octanol–water partition coefficient (Wildman–Crippen LogP) is 5.13. The molecule has 3 rings (SSSR count). The molecule has 1 heterocycles. The Hall–Kier alpha value is -3.59. The number of anilines is 1.